The molecule has 2 rings (SSSR count). The van der Waals surface area contributed by atoms with Gasteiger partial charge >= 0.3 is 5.97 Å². The molecular weight excluding hydrogens is 390 g/mol. The second-order valence-electron chi connectivity index (χ2n) is 4.90. The van der Waals surface area contributed by atoms with E-state index in [-0.39, 0.29) is 0 Å². The van der Waals surface area contributed by atoms with Crippen LogP contribution in [0.15, 0.2) is 21.1 Å². The highest BCUT2D eigenvalue weighted by Gasteiger charge is 2.22. The van der Waals surface area contributed by atoms with Gasteiger partial charge < -0.3 is 15.2 Å². The summed E-state index contributed by atoms with van der Waals surface area (Å²) in [4.78, 5) is 11.0. The molecular formula is C14H17Br2NO3. The van der Waals surface area contributed by atoms with Crippen molar-refractivity contribution in [3.8, 4) is 5.75 Å². The Bertz CT molecular complexity index is 480. The number of hydrogen-bond donors (Lipinski definition) is 2. The number of nitrogens with one attached hydrogen (secondary N) is 1. The van der Waals surface area contributed by atoms with Crippen molar-refractivity contribution in [2.75, 3.05) is 0 Å². The van der Waals surface area contributed by atoms with Gasteiger partial charge in [-0.1, -0.05) is 6.92 Å². The smallest absolute Gasteiger partial charge is 0.344 e. The lowest BCUT2D eigenvalue weighted by Gasteiger charge is -2.17. The quantitative estimate of drug-likeness (QED) is 0.724. The van der Waals surface area contributed by atoms with Crippen LogP contribution in [0.3, 0.4) is 0 Å². The summed E-state index contributed by atoms with van der Waals surface area (Å²) >= 11 is 6.90. The number of carbonyl (C=O) groups is 1. The van der Waals surface area contributed by atoms with Crippen LogP contribution in [0.4, 0.5) is 0 Å². The van der Waals surface area contributed by atoms with E-state index in [1.54, 1.807) is 6.92 Å². The molecule has 0 aliphatic heterocycles. The van der Waals surface area contributed by atoms with Crippen LogP contribution >= 0.6 is 31.9 Å². The molecule has 0 amide bonds. The molecule has 1 aliphatic carbocycles. The first-order valence-corrected chi connectivity index (χ1v) is 8.20. The van der Waals surface area contributed by atoms with Crippen LogP contribution in [-0.2, 0) is 11.3 Å². The van der Waals surface area contributed by atoms with Crippen LogP contribution in [0.25, 0.3) is 0 Å². The maximum Gasteiger partial charge on any atom is 0.344 e. The minimum Gasteiger partial charge on any atom is -0.479 e. The molecule has 0 radical (unpaired) electrons. The lowest BCUT2D eigenvalue weighted by Crippen LogP contribution is -2.26. The number of hydrogen-bond acceptors (Lipinski definition) is 3. The van der Waals surface area contributed by atoms with Crippen LogP contribution in [0, 0.1) is 0 Å². The van der Waals surface area contributed by atoms with Crippen molar-refractivity contribution < 1.29 is 14.6 Å². The fourth-order valence-corrected chi connectivity index (χ4v) is 3.30. The van der Waals surface area contributed by atoms with Gasteiger partial charge in [-0.05, 0) is 68.8 Å². The minimum atomic E-state index is -0.953. The number of benzene rings is 1. The van der Waals surface area contributed by atoms with E-state index in [2.05, 4.69) is 37.2 Å². The van der Waals surface area contributed by atoms with E-state index in [0.29, 0.717) is 18.2 Å². The molecule has 1 atom stereocenters. The fourth-order valence-electron chi connectivity index (χ4n) is 1.83. The van der Waals surface area contributed by atoms with Gasteiger partial charge in [0.05, 0.1) is 8.95 Å². The van der Waals surface area contributed by atoms with Crippen molar-refractivity contribution in [1.29, 1.82) is 0 Å². The van der Waals surface area contributed by atoms with E-state index < -0.39 is 12.1 Å². The molecule has 4 nitrogen and oxygen atoms in total. The molecule has 0 heterocycles. The van der Waals surface area contributed by atoms with Gasteiger partial charge in [0.1, 0.15) is 5.75 Å². The number of carboxylic acid groups (broad SMARTS) is 1. The van der Waals surface area contributed by atoms with Crippen molar-refractivity contribution in [3.63, 3.8) is 0 Å². The van der Waals surface area contributed by atoms with Gasteiger partial charge in [0.15, 0.2) is 6.10 Å². The van der Waals surface area contributed by atoms with Crippen LogP contribution in [0.5, 0.6) is 5.75 Å². The van der Waals surface area contributed by atoms with E-state index in [4.69, 9.17) is 9.84 Å². The predicted octanol–water partition coefficient (Wildman–Crippen LogP) is 3.71. The number of halogens is 2. The maximum absolute atomic E-state index is 11.0. The van der Waals surface area contributed by atoms with Crippen molar-refractivity contribution in [1.82, 2.24) is 5.32 Å². The highest BCUT2D eigenvalue weighted by Crippen LogP contribution is 2.36. The molecule has 110 valence electrons. The fraction of sp³-hybridized carbons (Fsp3) is 0.500. The SMILES string of the molecule is CCC(Oc1c(Br)cc(CNC2CC2)cc1Br)C(=O)O. The third kappa shape index (κ3) is 4.20. The summed E-state index contributed by atoms with van der Waals surface area (Å²) in [6.07, 6.45) is 2.08. The summed E-state index contributed by atoms with van der Waals surface area (Å²) in [5, 5.41) is 12.5. The topological polar surface area (TPSA) is 58.6 Å². The lowest BCUT2D eigenvalue weighted by atomic mass is 10.2. The van der Waals surface area contributed by atoms with Crippen LogP contribution in [-0.4, -0.2) is 23.2 Å². The maximum atomic E-state index is 11.0. The summed E-state index contributed by atoms with van der Waals surface area (Å²) in [6.45, 7) is 2.59. The first-order chi connectivity index (χ1) is 9.51. The normalized spacial score (nSPS) is 15.9. The van der Waals surface area contributed by atoms with Gasteiger partial charge in [0, 0.05) is 12.6 Å². The first kappa shape index (κ1) is 15.8. The summed E-state index contributed by atoms with van der Waals surface area (Å²) < 4.78 is 7.09. The molecule has 20 heavy (non-hydrogen) atoms. The van der Waals surface area contributed by atoms with Gasteiger partial charge in [-0.15, -0.1) is 0 Å². The summed E-state index contributed by atoms with van der Waals surface area (Å²) in [7, 11) is 0. The molecule has 0 saturated heterocycles. The van der Waals surface area contributed by atoms with Crippen LogP contribution < -0.4 is 10.1 Å². The Hall–Kier alpha value is -0.590. The summed E-state index contributed by atoms with van der Waals surface area (Å²) in [6, 6.07) is 4.58. The average molecular weight is 407 g/mol. The van der Waals surface area contributed by atoms with E-state index in [1.165, 1.54) is 12.8 Å². The standard InChI is InChI=1S/C14H17Br2NO3/c1-2-12(14(18)19)20-13-10(15)5-8(6-11(13)16)7-17-9-3-4-9/h5-6,9,12,17H,2-4,7H2,1H3,(H,18,19). The zero-order chi connectivity index (χ0) is 14.7. The monoisotopic (exact) mass is 405 g/mol. The van der Waals surface area contributed by atoms with Gasteiger partial charge in [-0.25, -0.2) is 4.79 Å². The molecule has 1 aliphatic rings. The minimum absolute atomic E-state index is 0.416. The Morgan fingerprint density at radius 3 is 2.50 bits per heavy atom. The van der Waals surface area contributed by atoms with Crippen LogP contribution in [0.2, 0.25) is 0 Å². The highest BCUT2D eigenvalue weighted by molar-refractivity contribution is 9.11. The molecule has 2 N–H and O–H groups in total. The zero-order valence-electron chi connectivity index (χ0n) is 11.2. The molecule has 1 aromatic carbocycles. The van der Waals surface area contributed by atoms with Crippen molar-refractivity contribution in [2.24, 2.45) is 0 Å². The Morgan fingerprint density at radius 2 is 2.05 bits per heavy atom. The number of aliphatic carboxylic acids is 1. The molecule has 0 aromatic heterocycles. The Morgan fingerprint density at radius 1 is 1.45 bits per heavy atom. The molecule has 1 fully saturated rings. The molecule has 1 aromatic rings. The molecule has 0 bridgehead atoms. The van der Waals surface area contributed by atoms with E-state index >= 15 is 0 Å². The van der Waals surface area contributed by atoms with Crippen molar-refractivity contribution in [3.05, 3.63) is 26.6 Å². The molecule has 0 spiro atoms. The van der Waals surface area contributed by atoms with Gasteiger partial charge in [0.25, 0.3) is 0 Å². The Balaban J connectivity index is 2.10. The molecule has 6 heteroatoms. The van der Waals surface area contributed by atoms with E-state index in [0.717, 1.165) is 21.1 Å². The van der Waals surface area contributed by atoms with E-state index in [1.807, 2.05) is 12.1 Å². The number of carboxylic acids is 1. The third-order valence-corrected chi connectivity index (χ3v) is 4.31. The summed E-state index contributed by atoms with van der Waals surface area (Å²) in [5.41, 5.74) is 1.13. The van der Waals surface area contributed by atoms with Gasteiger partial charge in [-0.3, -0.25) is 0 Å². The Labute approximate surface area is 135 Å². The molecule has 1 saturated carbocycles. The Kier molecular flexibility index (Phi) is 5.46. The van der Waals surface area contributed by atoms with Gasteiger partial charge in [-0.2, -0.15) is 0 Å². The van der Waals surface area contributed by atoms with Crippen LogP contribution in [0.1, 0.15) is 31.7 Å². The van der Waals surface area contributed by atoms with Crippen molar-refractivity contribution >= 4 is 37.8 Å². The largest absolute Gasteiger partial charge is 0.479 e. The summed E-state index contributed by atoms with van der Waals surface area (Å²) in [5.74, 6) is -0.416. The van der Waals surface area contributed by atoms with Gasteiger partial charge in [0.2, 0.25) is 0 Å². The zero-order valence-corrected chi connectivity index (χ0v) is 14.3. The number of rotatable bonds is 7. The number of ether oxygens (including phenoxy) is 1. The first-order valence-electron chi connectivity index (χ1n) is 6.62. The van der Waals surface area contributed by atoms with E-state index in [9.17, 15) is 4.79 Å². The average Bonchev–Trinajstić information content (AvgIpc) is 3.19. The second-order valence-corrected chi connectivity index (χ2v) is 6.61. The molecule has 1 unspecified atom stereocenters. The second kappa shape index (κ2) is 6.91. The lowest BCUT2D eigenvalue weighted by molar-refractivity contribution is -0.145. The third-order valence-electron chi connectivity index (χ3n) is 3.14. The predicted molar refractivity (Wildman–Crippen MR) is 84.0 cm³/mol. The van der Waals surface area contributed by atoms with Crippen molar-refractivity contribution in [2.45, 2.75) is 44.9 Å². The highest BCUT2D eigenvalue weighted by atomic mass is 79.9.